The third kappa shape index (κ3) is 4.44. The van der Waals surface area contributed by atoms with Crippen LogP contribution in [0.2, 0.25) is 0 Å². The lowest BCUT2D eigenvalue weighted by Crippen LogP contribution is -2.48. The Morgan fingerprint density at radius 2 is 2.18 bits per heavy atom. The molecule has 0 fully saturated rings. The monoisotopic (exact) mass is 236 g/mol. The van der Waals surface area contributed by atoms with Crippen LogP contribution in [0.4, 0.5) is 0 Å². The third-order valence-electron chi connectivity index (χ3n) is 2.25. The largest absolute Gasteiger partial charge is 0.494 e. The van der Waals surface area contributed by atoms with E-state index in [1.165, 1.54) is 0 Å². The molecule has 3 N–H and O–H groups in total. The van der Waals surface area contributed by atoms with Crippen molar-refractivity contribution >= 4 is 5.91 Å². The molecule has 0 saturated heterocycles. The summed E-state index contributed by atoms with van der Waals surface area (Å²) >= 11 is 0. The summed E-state index contributed by atoms with van der Waals surface area (Å²) in [7, 11) is 0. The van der Waals surface area contributed by atoms with E-state index < -0.39 is 5.54 Å². The van der Waals surface area contributed by atoms with Crippen LogP contribution in [-0.4, -0.2) is 18.1 Å². The van der Waals surface area contributed by atoms with Gasteiger partial charge < -0.3 is 15.8 Å². The van der Waals surface area contributed by atoms with Gasteiger partial charge in [0.15, 0.2) is 0 Å². The fourth-order valence-electron chi connectivity index (χ4n) is 1.32. The predicted molar refractivity (Wildman–Crippen MR) is 67.7 cm³/mol. The minimum atomic E-state index is -0.850. The second-order valence-electron chi connectivity index (χ2n) is 4.48. The van der Waals surface area contributed by atoms with Gasteiger partial charge in [-0.1, -0.05) is 12.1 Å². The number of nitrogens with two attached hydrogens (primary N) is 1. The summed E-state index contributed by atoms with van der Waals surface area (Å²) in [5, 5.41) is 2.79. The summed E-state index contributed by atoms with van der Waals surface area (Å²) in [6.07, 6.45) is 0. The van der Waals surface area contributed by atoms with Crippen LogP contribution in [-0.2, 0) is 11.3 Å². The fraction of sp³-hybridized carbons (Fsp3) is 0.462. The highest BCUT2D eigenvalue weighted by Crippen LogP contribution is 2.13. The van der Waals surface area contributed by atoms with Crippen molar-refractivity contribution in [3.8, 4) is 5.75 Å². The highest BCUT2D eigenvalue weighted by Gasteiger charge is 2.20. The molecule has 0 atom stereocenters. The van der Waals surface area contributed by atoms with Crippen LogP contribution in [0.15, 0.2) is 24.3 Å². The van der Waals surface area contributed by atoms with Gasteiger partial charge in [0.1, 0.15) is 5.75 Å². The number of amides is 1. The lowest BCUT2D eigenvalue weighted by atomic mass is 10.1. The summed E-state index contributed by atoms with van der Waals surface area (Å²) in [5.74, 6) is 0.644. The van der Waals surface area contributed by atoms with Gasteiger partial charge in [0.25, 0.3) is 0 Å². The number of benzene rings is 1. The minimum absolute atomic E-state index is 0.167. The van der Waals surface area contributed by atoms with E-state index in [4.69, 9.17) is 10.5 Å². The van der Waals surface area contributed by atoms with Gasteiger partial charge in [-0.2, -0.15) is 0 Å². The quantitative estimate of drug-likeness (QED) is 0.813. The fourth-order valence-corrected chi connectivity index (χ4v) is 1.32. The van der Waals surface area contributed by atoms with E-state index in [-0.39, 0.29) is 5.91 Å². The summed E-state index contributed by atoms with van der Waals surface area (Å²) in [4.78, 5) is 11.6. The van der Waals surface area contributed by atoms with Crippen LogP contribution in [0.1, 0.15) is 26.3 Å². The first kappa shape index (κ1) is 13.5. The normalized spacial score (nSPS) is 11.1. The summed E-state index contributed by atoms with van der Waals surface area (Å²) in [5.41, 5.74) is 5.83. The van der Waals surface area contributed by atoms with Crippen molar-refractivity contribution in [3.63, 3.8) is 0 Å². The molecule has 0 bridgehead atoms. The molecule has 0 aromatic heterocycles. The molecule has 1 rings (SSSR count). The van der Waals surface area contributed by atoms with Crippen molar-refractivity contribution in [2.45, 2.75) is 32.9 Å². The molecular weight excluding hydrogens is 216 g/mol. The molecular formula is C13H20N2O2. The Balaban J connectivity index is 2.57. The van der Waals surface area contributed by atoms with Crippen molar-refractivity contribution in [2.24, 2.45) is 5.73 Å². The molecule has 1 amide bonds. The SMILES string of the molecule is CCOc1cccc(CNC(=O)C(C)(C)N)c1. The molecule has 0 unspecified atom stereocenters. The Morgan fingerprint density at radius 1 is 1.47 bits per heavy atom. The maximum absolute atomic E-state index is 11.6. The molecule has 1 aromatic carbocycles. The van der Waals surface area contributed by atoms with Crippen LogP contribution in [0.3, 0.4) is 0 Å². The van der Waals surface area contributed by atoms with Gasteiger partial charge in [-0.25, -0.2) is 0 Å². The molecule has 0 spiro atoms. The molecule has 94 valence electrons. The lowest BCUT2D eigenvalue weighted by Gasteiger charge is -2.17. The standard InChI is InChI=1S/C13H20N2O2/c1-4-17-11-7-5-6-10(8-11)9-15-12(16)13(2,3)14/h5-8H,4,9,14H2,1-3H3,(H,15,16). The molecule has 1 aromatic rings. The molecule has 0 radical (unpaired) electrons. The van der Waals surface area contributed by atoms with Crippen molar-refractivity contribution < 1.29 is 9.53 Å². The zero-order valence-corrected chi connectivity index (χ0v) is 10.6. The Kier molecular flexibility index (Phi) is 4.52. The second-order valence-corrected chi connectivity index (χ2v) is 4.48. The number of rotatable bonds is 5. The maximum atomic E-state index is 11.6. The van der Waals surface area contributed by atoms with E-state index in [1.54, 1.807) is 13.8 Å². The Bertz CT molecular complexity index is 383. The van der Waals surface area contributed by atoms with E-state index in [2.05, 4.69) is 5.32 Å². The van der Waals surface area contributed by atoms with Crippen molar-refractivity contribution in [2.75, 3.05) is 6.61 Å². The van der Waals surface area contributed by atoms with Gasteiger partial charge in [0.2, 0.25) is 5.91 Å². The van der Waals surface area contributed by atoms with Gasteiger partial charge in [0.05, 0.1) is 12.1 Å². The van der Waals surface area contributed by atoms with Gasteiger partial charge in [0, 0.05) is 6.54 Å². The molecule has 0 saturated carbocycles. The van der Waals surface area contributed by atoms with Gasteiger partial charge in [-0.15, -0.1) is 0 Å². The average molecular weight is 236 g/mol. The first-order chi connectivity index (χ1) is 7.93. The topological polar surface area (TPSA) is 64.3 Å². The Labute approximate surface area is 102 Å². The van der Waals surface area contributed by atoms with Crippen LogP contribution in [0, 0.1) is 0 Å². The predicted octanol–water partition coefficient (Wildman–Crippen LogP) is 1.44. The van der Waals surface area contributed by atoms with Gasteiger partial charge in [-0.3, -0.25) is 4.79 Å². The van der Waals surface area contributed by atoms with Crippen LogP contribution in [0.25, 0.3) is 0 Å². The average Bonchev–Trinajstić information content (AvgIpc) is 2.25. The Hall–Kier alpha value is -1.55. The second kappa shape index (κ2) is 5.68. The zero-order chi connectivity index (χ0) is 12.9. The van der Waals surface area contributed by atoms with E-state index in [1.807, 2.05) is 31.2 Å². The molecule has 0 aliphatic rings. The molecule has 4 nitrogen and oxygen atoms in total. The maximum Gasteiger partial charge on any atom is 0.239 e. The first-order valence-corrected chi connectivity index (χ1v) is 5.72. The number of hydrogen-bond donors (Lipinski definition) is 2. The number of ether oxygens (including phenoxy) is 1. The first-order valence-electron chi connectivity index (χ1n) is 5.72. The van der Waals surface area contributed by atoms with Crippen molar-refractivity contribution in [1.29, 1.82) is 0 Å². The summed E-state index contributed by atoms with van der Waals surface area (Å²) in [6.45, 7) is 6.38. The van der Waals surface area contributed by atoms with Gasteiger partial charge >= 0.3 is 0 Å². The minimum Gasteiger partial charge on any atom is -0.494 e. The molecule has 0 aliphatic carbocycles. The summed E-state index contributed by atoms with van der Waals surface area (Å²) < 4.78 is 5.38. The van der Waals surface area contributed by atoms with Crippen LogP contribution < -0.4 is 15.8 Å². The highest BCUT2D eigenvalue weighted by atomic mass is 16.5. The van der Waals surface area contributed by atoms with E-state index in [0.29, 0.717) is 13.2 Å². The van der Waals surface area contributed by atoms with E-state index in [0.717, 1.165) is 11.3 Å². The lowest BCUT2D eigenvalue weighted by molar-refractivity contribution is -0.125. The highest BCUT2D eigenvalue weighted by molar-refractivity contribution is 5.84. The van der Waals surface area contributed by atoms with Crippen molar-refractivity contribution in [1.82, 2.24) is 5.32 Å². The zero-order valence-electron chi connectivity index (χ0n) is 10.6. The van der Waals surface area contributed by atoms with Crippen LogP contribution >= 0.6 is 0 Å². The van der Waals surface area contributed by atoms with Gasteiger partial charge in [-0.05, 0) is 38.5 Å². The number of carbonyl (C=O) groups excluding carboxylic acids is 1. The molecule has 17 heavy (non-hydrogen) atoms. The number of carbonyl (C=O) groups is 1. The third-order valence-corrected chi connectivity index (χ3v) is 2.25. The number of nitrogens with one attached hydrogen (secondary N) is 1. The summed E-state index contributed by atoms with van der Waals surface area (Å²) in [6, 6.07) is 7.64. The molecule has 4 heteroatoms. The Morgan fingerprint density at radius 3 is 2.76 bits per heavy atom. The van der Waals surface area contributed by atoms with Crippen molar-refractivity contribution in [3.05, 3.63) is 29.8 Å². The molecule has 0 aliphatic heterocycles. The smallest absolute Gasteiger partial charge is 0.239 e. The van der Waals surface area contributed by atoms with E-state index in [9.17, 15) is 4.79 Å². The van der Waals surface area contributed by atoms with E-state index >= 15 is 0 Å². The van der Waals surface area contributed by atoms with Crippen LogP contribution in [0.5, 0.6) is 5.75 Å². The number of hydrogen-bond acceptors (Lipinski definition) is 3. The molecule has 0 heterocycles.